The van der Waals surface area contributed by atoms with Crippen molar-refractivity contribution in [3.05, 3.63) is 0 Å². The van der Waals surface area contributed by atoms with Crippen LogP contribution in [0.4, 0.5) is 0 Å². The molecule has 0 aromatic heterocycles. The molecule has 2 nitrogen and oxygen atoms in total. The van der Waals surface area contributed by atoms with Crippen molar-refractivity contribution in [2.24, 2.45) is 5.92 Å². The summed E-state index contributed by atoms with van der Waals surface area (Å²) in [5.74, 6) is 2.78. The number of aliphatic hydroxyl groups is 1. The molecular weight excluding hydrogens is 158 g/mol. The van der Waals surface area contributed by atoms with Crippen LogP contribution in [0.3, 0.4) is 0 Å². The van der Waals surface area contributed by atoms with Crippen LogP contribution in [0.1, 0.15) is 6.92 Å². The lowest BCUT2D eigenvalue weighted by molar-refractivity contribution is 0.152. The molecule has 1 rings (SSSR count). The minimum Gasteiger partial charge on any atom is -0.391 e. The predicted octanol–water partition coefficient (Wildman–Crippen LogP) is 0.662. The summed E-state index contributed by atoms with van der Waals surface area (Å²) in [7, 11) is 2.07. The number of thioether (sulfide) groups is 1. The molecule has 1 aliphatic rings. The first-order valence-electron chi connectivity index (χ1n) is 4.18. The minimum atomic E-state index is -0.0842. The van der Waals surface area contributed by atoms with Crippen molar-refractivity contribution < 1.29 is 5.11 Å². The van der Waals surface area contributed by atoms with Gasteiger partial charge in [0.15, 0.2) is 0 Å². The lowest BCUT2D eigenvalue weighted by atomic mass is 10.1. The summed E-state index contributed by atoms with van der Waals surface area (Å²) < 4.78 is 0. The molecule has 11 heavy (non-hydrogen) atoms. The van der Waals surface area contributed by atoms with Crippen molar-refractivity contribution in [2.75, 3.05) is 31.6 Å². The molecule has 0 radical (unpaired) electrons. The average molecular weight is 175 g/mol. The van der Waals surface area contributed by atoms with Gasteiger partial charge < -0.3 is 10.0 Å². The van der Waals surface area contributed by atoms with Gasteiger partial charge in [0.1, 0.15) is 0 Å². The monoisotopic (exact) mass is 175 g/mol. The van der Waals surface area contributed by atoms with Crippen molar-refractivity contribution in [1.82, 2.24) is 4.90 Å². The average Bonchev–Trinajstić information content (AvgIpc) is 2.26. The topological polar surface area (TPSA) is 23.5 Å². The van der Waals surface area contributed by atoms with Crippen LogP contribution in [0.2, 0.25) is 0 Å². The highest BCUT2D eigenvalue weighted by Gasteiger charge is 2.28. The van der Waals surface area contributed by atoms with Gasteiger partial charge in [0.2, 0.25) is 0 Å². The standard InChI is InChI=1S/C8H17NOS/c1-3-11-6-7-4-9(2)5-8(7)10/h7-8,10H,3-6H2,1-2H3/t7-,8+/m0/s1. The molecule has 0 spiro atoms. The molecule has 3 heteroatoms. The highest BCUT2D eigenvalue weighted by atomic mass is 32.2. The summed E-state index contributed by atoms with van der Waals surface area (Å²) in [5, 5.41) is 9.53. The molecule has 0 amide bonds. The van der Waals surface area contributed by atoms with Gasteiger partial charge in [0.25, 0.3) is 0 Å². The molecule has 0 saturated carbocycles. The number of likely N-dealkylation sites (tertiary alicyclic amines) is 1. The van der Waals surface area contributed by atoms with Gasteiger partial charge in [-0.25, -0.2) is 0 Å². The van der Waals surface area contributed by atoms with Crippen molar-refractivity contribution in [3.63, 3.8) is 0 Å². The smallest absolute Gasteiger partial charge is 0.0715 e. The zero-order valence-electron chi connectivity index (χ0n) is 7.29. The molecule has 0 aliphatic carbocycles. The summed E-state index contributed by atoms with van der Waals surface area (Å²) in [5.41, 5.74) is 0. The maximum atomic E-state index is 9.53. The van der Waals surface area contributed by atoms with Crippen LogP contribution in [0.25, 0.3) is 0 Å². The Labute approximate surface area is 73.0 Å². The third kappa shape index (κ3) is 2.65. The molecule has 1 N–H and O–H groups in total. The van der Waals surface area contributed by atoms with E-state index in [9.17, 15) is 5.11 Å². The number of hydrogen-bond donors (Lipinski definition) is 1. The Morgan fingerprint density at radius 1 is 1.55 bits per heavy atom. The van der Waals surface area contributed by atoms with Crippen molar-refractivity contribution in [2.45, 2.75) is 13.0 Å². The van der Waals surface area contributed by atoms with E-state index in [2.05, 4.69) is 18.9 Å². The number of nitrogens with zero attached hydrogens (tertiary/aromatic N) is 1. The number of hydrogen-bond acceptors (Lipinski definition) is 3. The highest BCUT2D eigenvalue weighted by molar-refractivity contribution is 7.99. The third-order valence-corrected chi connectivity index (χ3v) is 3.20. The zero-order chi connectivity index (χ0) is 8.27. The Morgan fingerprint density at radius 2 is 2.27 bits per heavy atom. The van der Waals surface area contributed by atoms with E-state index in [0.29, 0.717) is 5.92 Å². The quantitative estimate of drug-likeness (QED) is 0.682. The maximum absolute atomic E-state index is 9.53. The largest absolute Gasteiger partial charge is 0.391 e. The summed E-state index contributed by atoms with van der Waals surface area (Å²) in [4.78, 5) is 2.20. The first kappa shape index (κ1) is 9.36. The van der Waals surface area contributed by atoms with Crippen LogP contribution < -0.4 is 0 Å². The van der Waals surface area contributed by atoms with Crippen LogP contribution >= 0.6 is 11.8 Å². The Hall–Kier alpha value is 0.270. The van der Waals surface area contributed by atoms with E-state index < -0.39 is 0 Å². The number of β-amino-alcohol motifs (C(OH)–C–C–N with tert-alkyl or cyclic N) is 1. The second kappa shape index (κ2) is 4.33. The Bertz CT molecular complexity index is 121. The van der Waals surface area contributed by atoms with E-state index in [1.165, 1.54) is 0 Å². The molecular formula is C8H17NOS. The molecule has 1 saturated heterocycles. The Balaban J connectivity index is 2.23. The third-order valence-electron chi connectivity index (χ3n) is 2.13. The molecule has 1 fully saturated rings. The summed E-state index contributed by atoms with van der Waals surface area (Å²) >= 11 is 1.92. The van der Waals surface area contributed by atoms with Crippen molar-refractivity contribution >= 4 is 11.8 Å². The van der Waals surface area contributed by atoms with Gasteiger partial charge in [-0.15, -0.1) is 0 Å². The highest BCUT2D eigenvalue weighted by Crippen LogP contribution is 2.19. The first-order chi connectivity index (χ1) is 5.24. The minimum absolute atomic E-state index is 0.0842. The van der Waals surface area contributed by atoms with Gasteiger partial charge in [0.05, 0.1) is 6.10 Å². The fraction of sp³-hybridized carbons (Fsp3) is 1.00. The van der Waals surface area contributed by atoms with E-state index in [1.807, 2.05) is 11.8 Å². The van der Waals surface area contributed by atoms with E-state index in [4.69, 9.17) is 0 Å². The summed E-state index contributed by atoms with van der Waals surface area (Å²) in [6.07, 6.45) is -0.0842. The Morgan fingerprint density at radius 3 is 2.73 bits per heavy atom. The summed E-state index contributed by atoms with van der Waals surface area (Å²) in [6, 6.07) is 0. The second-order valence-corrected chi connectivity index (χ2v) is 4.53. The lowest BCUT2D eigenvalue weighted by Crippen LogP contribution is -2.19. The SMILES string of the molecule is CCSC[C@@H]1CN(C)C[C@H]1O. The molecule has 0 aromatic carbocycles. The van der Waals surface area contributed by atoms with Gasteiger partial charge in [0, 0.05) is 19.0 Å². The van der Waals surface area contributed by atoms with Gasteiger partial charge in [-0.1, -0.05) is 6.92 Å². The molecule has 2 atom stereocenters. The van der Waals surface area contributed by atoms with Crippen LogP contribution in [0.15, 0.2) is 0 Å². The van der Waals surface area contributed by atoms with Crippen LogP contribution in [-0.4, -0.2) is 47.8 Å². The van der Waals surface area contributed by atoms with Crippen LogP contribution in [0.5, 0.6) is 0 Å². The van der Waals surface area contributed by atoms with Gasteiger partial charge in [-0.2, -0.15) is 11.8 Å². The van der Waals surface area contributed by atoms with Gasteiger partial charge in [-0.05, 0) is 18.6 Å². The normalized spacial score (nSPS) is 33.0. The second-order valence-electron chi connectivity index (χ2n) is 3.21. The maximum Gasteiger partial charge on any atom is 0.0715 e. The first-order valence-corrected chi connectivity index (χ1v) is 5.34. The number of aliphatic hydroxyl groups excluding tert-OH is 1. The molecule has 1 heterocycles. The molecule has 1 aliphatic heterocycles. The van der Waals surface area contributed by atoms with Gasteiger partial charge in [-0.3, -0.25) is 0 Å². The fourth-order valence-corrected chi connectivity index (χ4v) is 2.36. The zero-order valence-corrected chi connectivity index (χ0v) is 8.10. The molecule has 0 aromatic rings. The van der Waals surface area contributed by atoms with Crippen LogP contribution in [-0.2, 0) is 0 Å². The Kier molecular flexibility index (Phi) is 3.69. The molecule has 0 bridgehead atoms. The predicted molar refractivity (Wildman–Crippen MR) is 50.0 cm³/mol. The van der Waals surface area contributed by atoms with Gasteiger partial charge >= 0.3 is 0 Å². The van der Waals surface area contributed by atoms with E-state index in [-0.39, 0.29) is 6.10 Å². The fourth-order valence-electron chi connectivity index (χ4n) is 1.50. The van der Waals surface area contributed by atoms with E-state index in [0.717, 1.165) is 24.6 Å². The number of rotatable bonds is 3. The number of likely N-dealkylation sites (N-methyl/N-ethyl adjacent to an activating group) is 1. The molecule has 0 unspecified atom stereocenters. The van der Waals surface area contributed by atoms with E-state index >= 15 is 0 Å². The van der Waals surface area contributed by atoms with Crippen molar-refractivity contribution in [3.8, 4) is 0 Å². The van der Waals surface area contributed by atoms with E-state index in [1.54, 1.807) is 0 Å². The molecule has 66 valence electrons. The lowest BCUT2D eigenvalue weighted by Gasteiger charge is -2.11. The summed E-state index contributed by atoms with van der Waals surface area (Å²) in [6.45, 7) is 4.08. The van der Waals surface area contributed by atoms with Crippen molar-refractivity contribution in [1.29, 1.82) is 0 Å². The van der Waals surface area contributed by atoms with Crippen LogP contribution in [0, 0.1) is 5.92 Å².